The van der Waals surface area contributed by atoms with Gasteiger partial charge in [0.05, 0.1) is 0 Å². The molecule has 98 valence electrons. The van der Waals surface area contributed by atoms with Crippen LogP contribution in [0.4, 0.5) is 0 Å². The highest BCUT2D eigenvalue weighted by Gasteiger charge is 2.27. The Balaban J connectivity index is 1.77. The van der Waals surface area contributed by atoms with Gasteiger partial charge >= 0.3 is 0 Å². The highest BCUT2D eigenvalue weighted by atomic mass is 16.2. The fraction of sp³-hybridized carbons (Fsp3) is 0.929. The Morgan fingerprint density at radius 1 is 1.47 bits per heavy atom. The predicted molar refractivity (Wildman–Crippen MR) is 69.7 cm³/mol. The molecular weight excluding hydrogens is 212 g/mol. The van der Waals surface area contributed by atoms with E-state index < -0.39 is 0 Å². The number of piperidine rings is 1. The summed E-state index contributed by atoms with van der Waals surface area (Å²) >= 11 is 0. The van der Waals surface area contributed by atoms with Crippen molar-refractivity contribution in [3.63, 3.8) is 0 Å². The highest BCUT2D eigenvalue weighted by molar-refractivity contribution is 5.76. The van der Waals surface area contributed by atoms with Gasteiger partial charge in [0, 0.05) is 19.5 Å². The van der Waals surface area contributed by atoms with Crippen molar-refractivity contribution in [1.82, 2.24) is 10.2 Å². The van der Waals surface area contributed by atoms with Gasteiger partial charge in [0.25, 0.3) is 0 Å². The van der Waals surface area contributed by atoms with Crippen molar-refractivity contribution in [2.24, 2.45) is 17.8 Å². The number of carbonyl (C=O) groups is 1. The van der Waals surface area contributed by atoms with Crippen molar-refractivity contribution in [1.29, 1.82) is 0 Å². The lowest BCUT2D eigenvalue weighted by atomic mass is 9.85. The number of carbonyl (C=O) groups excluding carboxylic acids is 1. The molecule has 1 amide bonds. The number of nitrogens with zero attached hydrogens (tertiary/aromatic N) is 1. The molecule has 3 atom stereocenters. The molecule has 3 unspecified atom stereocenters. The van der Waals surface area contributed by atoms with Crippen LogP contribution >= 0.6 is 0 Å². The van der Waals surface area contributed by atoms with E-state index in [0.29, 0.717) is 23.7 Å². The summed E-state index contributed by atoms with van der Waals surface area (Å²) in [5, 5.41) is 3.44. The van der Waals surface area contributed by atoms with Gasteiger partial charge < -0.3 is 10.2 Å². The molecule has 0 bridgehead atoms. The number of rotatable bonds is 3. The molecule has 0 aromatic carbocycles. The molecule has 3 heteroatoms. The topological polar surface area (TPSA) is 32.3 Å². The summed E-state index contributed by atoms with van der Waals surface area (Å²) < 4.78 is 0. The molecule has 3 nitrogen and oxygen atoms in total. The number of likely N-dealkylation sites (tertiary alicyclic amines) is 1. The number of nitrogens with one attached hydrogen (secondary N) is 1. The Morgan fingerprint density at radius 3 is 2.88 bits per heavy atom. The molecule has 0 saturated carbocycles. The second kappa shape index (κ2) is 5.85. The summed E-state index contributed by atoms with van der Waals surface area (Å²) in [5.74, 6) is 2.32. The zero-order valence-corrected chi connectivity index (χ0v) is 11.2. The van der Waals surface area contributed by atoms with E-state index in [4.69, 9.17) is 0 Å². The van der Waals surface area contributed by atoms with E-state index in [1.165, 1.54) is 19.3 Å². The number of hydrogen-bond donors (Lipinski definition) is 1. The number of amides is 1. The summed E-state index contributed by atoms with van der Waals surface area (Å²) in [6.07, 6.45) is 4.49. The minimum Gasteiger partial charge on any atom is -0.342 e. The third-order valence-electron chi connectivity index (χ3n) is 4.41. The molecule has 2 aliphatic heterocycles. The third-order valence-corrected chi connectivity index (χ3v) is 4.41. The van der Waals surface area contributed by atoms with E-state index in [0.717, 1.165) is 32.6 Å². The van der Waals surface area contributed by atoms with Crippen LogP contribution in [0.1, 0.15) is 39.5 Å². The van der Waals surface area contributed by atoms with E-state index >= 15 is 0 Å². The molecule has 0 radical (unpaired) electrons. The molecule has 2 aliphatic rings. The quantitative estimate of drug-likeness (QED) is 0.814. The molecule has 2 fully saturated rings. The summed E-state index contributed by atoms with van der Waals surface area (Å²) in [5.41, 5.74) is 0. The predicted octanol–water partition coefficient (Wildman–Crippen LogP) is 1.88. The maximum absolute atomic E-state index is 12.1. The van der Waals surface area contributed by atoms with Crippen LogP contribution in [0.2, 0.25) is 0 Å². The summed E-state index contributed by atoms with van der Waals surface area (Å²) in [6.45, 7) is 8.70. The monoisotopic (exact) mass is 238 g/mol. The average molecular weight is 238 g/mol. The van der Waals surface area contributed by atoms with Crippen LogP contribution in [0.3, 0.4) is 0 Å². The van der Waals surface area contributed by atoms with E-state index in [1.54, 1.807) is 0 Å². The molecule has 0 spiro atoms. The Labute approximate surface area is 105 Å². The van der Waals surface area contributed by atoms with E-state index in [9.17, 15) is 4.79 Å². The lowest BCUT2D eigenvalue weighted by Gasteiger charge is -2.29. The molecule has 2 heterocycles. The Morgan fingerprint density at radius 2 is 2.29 bits per heavy atom. The molecule has 17 heavy (non-hydrogen) atoms. The molecule has 2 rings (SSSR count). The van der Waals surface area contributed by atoms with E-state index in [1.807, 2.05) is 0 Å². The van der Waals surface area contributed by atoms with Crippen molar-refractivity contribution in [2.75, 3.05) is 26.2 Å². The van der Waals surface area contributed by atoms with Gasteiger partial charge in [-0.15, -0.1) is 0 Å². The van der Waals surface area contributed by atoms with Crippen molar-refractivity contribution in [3.05, 3.63) is 0 Å². The third kappa shape index (κ3) is 3.44. The first-order valence-corrected chi connectivity index (χ1v) is 7.15. The van der Waals surface area contributed by atoms with Gasteiger partial charge in [0.15, 0.2) is 0 Å². The first-order valence-electron chi connectivity index (χ1n) is 7.15. The fourth-order valence-corrected chi connectivity index (χ4v) is 3.10. The maximum atomic E-state index is 12.1. The largest absolute Gasteiger partial charge is 0.342 e. The molecule has 0 aromatic rings. The lowest BCUT2D eigenvalue weighted by Crippen LogP contribution is -2.36. The summed E-state index contributed by atoms with van der Waals surface area (Å²) in [7, 11) is 0. The molecule has 1 N–H and O–H groups in total. The van der Waals surface area contributed by atoms with Crippen molar-refractivity contribution in [2.45, 2.75) is 39.5 Å². The first-order chi connectivity index (χ1) is 8.16. The van der Waals surface area contributed by atoms with Gasteiger partial charge in [-0.25, -0.2) is 0 Å². The van der Waals surface area contributed by atoms with E-state index in [2.05, 4.69) is 24.1 Å². The van der Waals surface area contributed by atoms with Crippen molar-refractivity contribution >= 4 is 5.91 Å². The van der Waals surface area contributed by atoms with E-state index in [-0.39, 0.29) is 0 Å². The minimum absolute atomic E-state index is 0.382. The molecule has 0 aliphatic carbocycles. The SMILES string of the molecule is CC1CCN(C(=O)CC(C)C2CCCNC2)C1. The summed E-state index contributed by atoms with van der Waals surface area (Å²) in [6, 6.07) is 0. The molecule has 2 saturated heterocycles. The van der Waals surface area contributed by atoms with Gasteiger partial charge in [-0.1, -0.05) is 13.8 Å². The Kier molecular flexibility index (Phi) is 4.43. The zero-order valence-electron chi connectivity index (χ0n) is 11.2. The molecule has 0 aromatic heterocycles. The standard InChI is InChI=1S/C14H26N2O/c1-11-5-7-16(10-11)14(17)8-12(2)13-4-3-6-15-9-13/h11-13,15H,3-10H2,1-2H3. The lowest BCUT2D eigenvalue weighted by molar-refractivity contribution is -0.131. The van der Waals surface area contributed by atoms with Gasteiger partial charge in [0.2, 0.25) is 5.91 Å². The zero-order chi connectivity index (χ0) is 12.3. The van der Waals surface area contributed by atoms with Crippen LogP contribution < -0.4 is 5.32 Å². The Hall–Kier alpha value is -0.570. The highest BCUT2D eigenvalue weighted by Crippen LogP contribution is 2.24. The number of hydrogen-bond acceptors (Lipinski definition) is 2. The second-order valence-electron chi connectivity index (χ2n) is 6.02. The van der Waals surface area contributed by atoms with Crippen molar-refractivity contribution < 1.29 is 4.79 Å². The fourth-order valence-electron chi connectivity index (χ4n) is 3.10. The van der Waals surface area contributed by atoms with Crippen LogP contribution in [-0.4, -0.2) is 37.0 Å². The molecular formula is C14H26N2O. The van der Waals surface area contributed by atoms with Gasteiger partial charge in [-0.2, -0.15) is 0 Å². The summed E-state index contributed by atoms with van der Waals surface area (Å²) in [4.78, 5) is 14.2. The average Bonchev–Trinajstić information content (AvgIpc) is 2.77. The first kappa shape index (κ1) is 12.9. The minimum atomic E-state index is 0.382. The van der Waals surface area contributed by atoms with Gasteiger partial charge in [0.1, 0.15) is 0 Å². The van der Waals surface area contributed by atoms with Crippen LogP contribution in [0.5, 0.6) is 0 Å². The second-order valence-corrected chi connectivity index (χ2v) is 6.02. The van der Waals surface area contributed by atoms with Crippen LogP contribution in [0.15, 0.2) is 0 Å². The Bertz CT molecular complexity index is 261. The maximum Gasteiger partial charge on any atom is 0.222 e. The van der Waals surface area contributed by atoms with Crippen LogP contribution in [0.25, 0.3) is 0 Å². The van der Waals surface area contributed by atoms with Crippen LogP contribution in [-0.2, 0) is 4.79 Å². The van der Waals surface area contributed by atoms with Gasteiger partial charge in [-0.3, -0.25) is 4.79 Å². The van der Waals surface area contributed by atoms with Gasteiger partial charge in [-0.05, 0) is 50.1 Å². The smallest absolute Gasteiger partial charge is 0.222 e. The van der Waals surface area contributed by atoms with Crippen molar-refractivity contribution in [3.8, 4) is 0 Å². The normalized spacial score (nSPS) is 31.5. The van der Waals surface area contributed by atoms with Crippen LogP contribution in [0, 0.1) is 17.8 Å².